The van der Waals surface area contributed by atoms with Gasteiger partial charge in [-0.2, -0.15) is 0 Å². The number of aliphatic hydroxyl groups is 1. The summed E-state index contributed by atoms with van der Waals surface area (Å²) in [6, 6.07) is 7.81. The van der Waals surface area contributed by atoms with Crippen molar-refractivity contribution in [1.29, 1.82) is 0 Å². The first kappa shape index (κ1) is 14.3. The molecule has 17 heavy (non-hydrogen) atoms. The summed E-state index contributed by atoms with van der Waals surface area (Å²) in [6.45, 7) is 5.20. The molecule has 0 aliphatic heterocycles. The van der Waals surface area contributed by atoms with Crippen molar-refractivity contribution in [2.75, 3.05) is 13.2 Å². The molecule has 3 nitrogen and oxygen atoms in total. The van der Waals surface area contributed by atoms with Crippen molar-refractivity contribution in [3.05, 3.63) is 29.3 Å². The summed E-state index contributed by atoms with van der Waals surface area (Å²) in [6.07, 6.45) is 0.623. The van der Waals surface area contributed by atoms with Crippen LogP contribution in [0, 0.1) is 0 Å². The Bertz CT molecular complexity index is 333. The maximum Gasteiger partial charge on any atom is 0.138 e. The third-order valence-corrected chi connectivity index (χ3v) is 3.03. The first-order chi connectivity index (χ1) is 8.13. The van der Waals surface area contributed by atoms with E-state index in [9.17, 15) is 5.11 Å². The molecule has 0 saturated carbocycles. The summed E-state index contributed by atoms with van der Waals surface area (Å²) >= 11 is 5.94. The fourth-order valence-electron chi connectivity index (χ4n) is 1.37. The molecule has 96 valence electrons. The van der Waals surface area contributed by atoms with Crippen molar-refractivity contribution in [2.45, 2.75) is 32.4 Å². The van der Waals surface area contributed by atoms with Gasteiger partial charge in [0.25, 0.3) is 0 Å². The number of quaternary nitrogens is 1. The molecule has 0 aromatic heterocycles. The maximum atomic E-state index is 9.75. The molecule has 0 amide bonds. The topological polar surface area (TPSA) is 46.1 Å². The first-order valence-corrected chi connectivity index (χ1v) is 6.40. The van der Waals surface area contributed by atoms with Crippen LogP contribution >= 0.6 is 11.6 Å². The summed E-state index contributed by atoms with van der Waals surface area (Å²) < 4.78 is 5.46. The molecule has 0 aliphatic carbocycles. The van der Waals surface area contributed by atoms with Gasteiger partial charge in [0.15, 0.2) is 0 Å². The second kappa shape index (κ2) is 7.54. The third-order valence-electron chi connectivity index (χ3n) is 2.72. The van der Waals surface area contributed by atoms with Crippen molar-refractivity contribution < 1.29 is 15.2 Å². The van der Waals surface area contributed by atoms with E-state index in [0.29, 0.717) is 23.4 Å². The number of rotatable bonds is 7. The van der Waals surface area contributed by atoms with Crippen LogP contribution in [0.1, 0.15) is 20.3 Å². The molecule has 4 heteroatoms. The molecule has 0 aliphatic rings. The lowest BCUT2D eigenvalue weighted by Gasteiger charge is -2.14. The van der Waals surface area contributed by atoms with Gasteiger partial charge in [0.1, 0.15) is 25.0 Å². The van der Waals surface area contributed by atoms with Crippen molar-refractivity contribution in [3.63, 3.8) is 0 Å². The van der Waals surface area contributed by atoms with E-state index in [4.69, 9.17) is 16.3 Å². The predicted octanol–water partition coefficient (Wildman–Crippen LogP) is 1.44. The van der Waals surface area contributed by atoms with E-state index >= 15 is 0 Å². The molecule has 1 aromatic carbocycles. The van der Waals surface area contributed by atoms with Gasteiger partial charge >= 0.3 is 0 Å². The zero-order valence-electron chi connectivity index (χ0n) is 10.4. The monoisotopic (exact) mass is 258 g/mol. The molecule has 1 aromatic rings. The van der Waals surface area contributed by atoms with E-state index in [-0.39, 0.29) is 6.61 Å². The van der Waals surface area contributed by atoms with Crippen molar-refractivity contribution in [3.8, 4) is 5.75 Å². The number of benzene rings is 1. The Kier molecular flexibility index (Phi) is 6.34. The number of nitrogens with two attached hydrogens (primary N) is 1. The molecule has 0 unspecified atom stereocenters. The van der Waals surface area contributed by atoms with Gasteiger partial charge in [-0.1, -0.05) is 30.7 Å². The van der Waals surface area contributed by atoms with Gasteiger partial charge in [-0.25, -0.2) is 0 Å². The van der Waals surface area contributed by atoms with Crippen LogP contribution in [0.3, 0.4) is 0 Å². The van der Waals surface area contributed by atoms with Gasteiger partial charge < -0.3 is 15.2 Å². The van der Waals surface area contributed by atoms with Crippen molar-refractivity contribution >= 4 is 11.6 Å². The Balaban J connectivity index is 2.28. The first-order valence-electron chi connectivity index (χ1n) is 6.02. The quantitative estimate of drug-likeness (QED) is 0.778. The number of hydrogen-bond acceptors (Lipinski definition) is 2. The minimum Gasteiger partial charge on any atom is -0.489 e. The van der Waals surface area contributed by atoms with Crippen LogP contribution in [-0.2, 0) is 0 Å². The normalized spacial score (nSPS) is 14.4. The van der Waals surface area contributed by atoms with E-state index in [1.54, 1.807) is 12.1 Å². The fraction of sp³-hybridized carbons (Fsp3) is 0.538. The molecule has 0 bridgehead atoms. The molecular formula is C13H21ClNO2+. The van der Waals surface area contributed by atoms with Gasteiger partial charge in [-0.15, -0.1) is 0 Å². The zero-order valence-corrected chi connectivity index (χ0v) is 11.2. The van der Waals surface area contributed by atoms with E-state index in [1.807, 2.05) is 12.1 Å². The van der Waals surface area contributed by atoms with Crippen LogP contribution < -0.4 is 10.1 Å². The number of aliphatic hydroxyl groups excluding tert-OH is 1. The standard InChI is InChI=1S/C13H20ClNO2/c1-3-10(2)15-8-11(16)9-17-13-7-5-4-6-12(13)14/h4-7,10-11,15-16H,3,8-9H2,1-2H3/p+1/t10-,11+/m0/s1. The van der Waals surface area contributed by atoms with Crippen LogP contribution in [0.15, 0.2) is 24.3 Å². The highest BCUT2D eigenvalue weighted by Crippen LogP contribution is 2.22. The van der Waals surface area contributed by atoms with E-state index in [2.05, 4.69) is 19.2 Å². The summed E-state index contributed by atoms with van der Waals surface area (Å²) in [5.74, 6) is 0.622. The average molecular weight is 259 g/mol. The molecule has 1 rings (SSSR count). The molecule has 2 atom stereocenters. The van der Waals surface area contributed by atoms with E-state index in [0.717, 1.165) is 6.42 Å². The minimum atomic E-state index is -0.472. The average Bonchev–Trinajstić information content (AvgIpc) is 2.35. The summed E-state index contributed by atoms with van der Waals surface area (Å²) in [4.78, 5) is 0. The lowest BCUT2D eigenvalue weighted by Crippen LogP contribution is -2.91. The lowest BCUT2D eigenvalue weighted by atomic mass is 10.2. The Morgan fingerprint density at radius 1 is 1.41 bits per heavy atom. The highest BCUT2D eigenvalue weighted by Gasteiger charge is 2.10. The summed E-state index contributed by atoms with van der Waals surface area (Å²) in [5, 5.41) is 12.4. The van der Waals surface area contributed by atoms with Gasteiger partial charge in [0.05, 0.1) is 11.1 Å². The second-order valence-electron chi connectivity index (χ2n) is 4.25. The van der Waals surface area contributed by atoms with Gasteiger partial charge in [0, 0.05) is 0 Å². The number of hydrogen-bond donors (Lipinski definition) is 2. The predicted molar refractivity (Wildman–Crippen MR) is 69.5 cm³/mol. The largest absolute Gasteiger partial charge is 0.489 e. The molecule has 0 spiro atoms. The van der Waals surface area contributed by atoms with E-state index < -0.39 is 6.10 Å². The van der Waals surface area contributed by atoms with Crippen LogP contribution in [0.25, 0.3) is 0 Å². The van der Waals surface area contributed by atoms with Crippen molar-refractivity contribution in [2.24, 2.45) is 0 Å². The molecule has 0 fully saturated rings. The van der Waals surface area contributed by atoms with E-state index in [1.165, 1.54) is 0 Å². The zero-order chi connectivity index (χ0) is 12.7. The highest BCUT2D eigenvalue weighted by molar-refractivity contribution is 6.32. The van der Waals surface area contributed by atoms with Gasteiger partial charge in [-0.05, 0) is 25.5 Å². The van der Waals surface area contributed by atoms with Gasteiger partial charge in [0.2, 0.25) is 0 Å². The number of ether oxygens (including phenoxy) is 1. The maximum absolute atomic E-state index is 9.75. The summed E-state index contributed by atoms with van der Waals surface area (Å²) in [7, 11) is 0. The molecule has 3 N–H and O–H groups in total. The van der Waals surface area contributed by atoms with Crippen LogP contribution in [0.4, 0.5) is 0 Å². The second-order valence-corrected chi connectivity index (χ2v) is 4.66. The summed E-state index contributed by atoms with van der Waals surface area (Å²) in [5.41, 5.74) is 0. The lowest BCUT2D eigenvalue weighted by molar-refractivity contribution is -0.691. The molecule has 0 saturated heterocycles. The minimum absolute atomic E-state index is 0.274. The fourth-order valence-corrected chi connectivity index (χ4v) is 1.56. The Morgan fingerprint density at radius 2 is 2.12 bits per heavy atom. The number of halogens is 1. The Morgan fingerprint density at radius 3 is 2.76 bits per heavy atom. The molecular weight excluding hydrogens is 238 g/mol. The highest BCUT2D eigenvalue weighted by atomic mass is 35.5. The van der Waals surface area contributed by atoms with Crippen LogP contribution in [0.2, 0.25) is 5.02 Å². The van der Waals surface area contributed by atoms with Crippen LogP contribution in [0.5, 0.6) is 5.75 Å². The number of para-hydroxylation sites is 1. The van der Waals surface area contributed by atoms with Crippen LogP contribution in [-0.4, -0.2) is 30.4 Å². The smallest absolute Gasteiger partial charge is 0.138 e. The van der Waals surface area contributed by atoms with Gasteiger partial charge in [-0.3, -0.25) is 0 Å². The molecule has 0 radical (unpaired) electrons. The molecule has 0 heterocycles. The Labute approximate surface area is 108 Å². The SMILES string of the molecule is CC[C@H](C)[NH2+]C[C@@H](O)COc1ccccc1Cl. The van der Waals surface area contributed by atoms with Crippen molar-refractivity contribution in [1.82, 2.24) is 0 Å². The third kappa shape index (κ3) is 5.39. The Hall–Kier alpha value is -0.770.